The fraction of sp³-hybridized carbons (Fsp3) is 0.400. The maximum absolute atomic E-state index is 12.5. The second kappa shape index (κ2) is 7.55. The lowest BCUT2D eigenvalue weighted by Crippen LogP contribution is -2.40. The van der Waals surface area contributed by atoms with Crippen molar-refractivity contribution in [1.82, 2.24) is 9.47 Å². The normalized spacial score (nSPS) is 15.3. The number of hydrogen-bond donors (Lipinski definition) is 1. The summed E-state index contributed by atoms with van der Waals surface area (Å²) >= 11 is 0. The number of benzene rings is 1. The summed E-state index contributed by atoms with van der Waals surface area (Å²) in [5, 5.41) is 4.17. The van der Waals surface area contributed by atoms with E-state index in [2.05, 4.69) is 41.7 Å². The van der Waals surface area contributed by atoms with Gasteiger partial charge in [0.15, 0.2) is 0 Å². The number of aromatic nitrogens is 1. The number of fused-ring (bicyclic) bond motifs is 1. The number of nitrogens with zero attached hydrogens (tertiary/aromatic N) is 2. The van der Waals surface area contributed by atoms with Crippen molar-refractivity contribution in [1.29, 1.82) is 0 Å². The van der Waals surface area contributed by atoms with Crippen molar-refractivity contribution in [3.8, 4) is 0 Å². The van der Waals surface area contributed by atoms with Crippen LogP contribution in [0, 0.1) is 5.92 Å². The predicted molar refractivity (Wildman–Crippen MR) is 100 cm³/mol. The highest BCUT2D eigenvalue weighted by atomic mass is 16.2. The first-order valence-electron chi connectivity index (χ1n) is 8.93. The Morgan fingerprint density at radius 3 is 2.72 bits per heavy atom. The van der Waals surface area contributed by atoms with Crippen molar-refractivity contribution in [2.45, 2.75) is 32.7 Å². The third-order valence-corrected chi connectivity index (χ3v) is 4.86. The van der Waals surface area contributed by atoms with Crippen LogP contribution in [0.4, 0.5) is 5.69 Å². The van der Waals surface area contributed by atoms with E-state index in [0.29, 0.717) is 25.9 Å². The average molecular weight is 339 g/mol. The summed E-state index contributed by atoms with van der Waals surface area (Å²) in [4.78, 5) is 25.9. The number of rotatable bonds is 5. The fourth-order valence-electron chi connectivity index (χ4n) is 3.45. The van der Waals surface area contributed by atoms with Gasteiger partial charge in [0.25, 0.3) is 0 Å². The van der Waals surface area contributed by atoms with Crippen molar-refractivity contribution >= 4 is 28.4 Å². The standard InChI is InChI=1S/C20H25N3O2/c1-3-10-22-11-9-16-14-17(5-6-18(16)22)21-20(25)15-7-12-23(13-8-15)19(24)4-2/h4-6,9,11,14-15H,2-3,7-8,10,12-13H2,1H3,(H,21,25). The smallest absolute Gasteiger partial charge is 0.245 e. The number of piperidine rings is 1. The Hall–Kier alpha value is -2.56. The lowest BCUT2D eigenvalue weighted by atomic mass is 9.95. The zero-order chi connectivity index (χ0) is 17.8. The first kappa shape index (κ1) is 17.3. The molecule has 5 heteroatoms. The zero-order valence-corrected chi connectivity index (χ0v) is 14.7. The molecular formula is C20H25N3O2. The Bertz CT molecular complexity index is 785. The molecule has 3 rings (SSSR count). The molecule has 1 aliphatic rings. The van der Waals surface area contributed by atoms with Gasteiger partial charge in [0.1, 0.15) is 0 Å². The summed E-state index contributed by atoms with van der Waals surface area (Å²) in [7, 11) is 0. The molecule has 25 heavy (non-hydrogen) atoms. The number of hydrogen-bond acceptors (Lipinski definition) is 2. The van der Waals surface area contributed by atoms with Crippen LogP contribution in [0.25, 0.3) is 10.9 Å². The molecule has 0 unspecified atom stereocenters. The maximum atomic E-state index is 12.5. The van der Waals surface area contributed by atoms with Gasteiger partial charge in [0.05, 0.1) is 0 Å². The van der Waals surface area contributed by atoms with Gasteiger partial charge in [-0.25, -0.2) is 0 Å². The number of aryl methyl sites for hydroxylation is 1. The Morgan fingerprint density at radius 1 is 1.28 bits per heavy atom. The van der Waals surface area contributed by atoms with Crippen LogP contribution in [0.5, 0.6) is 0 Å². The molecule has 5 nitrogen and oxygen atoms in total. The van der Waals surface area contributed by atoms with Crippen molar-refractivity contribution in [3.63, 3.8) is 0 Å². The lowest BCUT2D eigenvalue weighted by Gasteiger charge is -2.30. The van der Waals surface area contributed by atoms with E-state index >= 15 is 0 Å². The molecule has 0 aliphatic carbocycles. The molecule has 1 aliphatic heterocycles. The van der Waals surface area contributed by atoms with Crippen molar-refractivity contribution in [2.75, 3.05) is 18.4 Å². The molecule has 1 aromatic carbocycles. The first-order chi connectivity index (χ1) is 12.1. The lowest BCUT2D eigenvalue weighted by molar-refractivity contribution is -0.130. The van der Waals surface area contributed by atoms with Crippen LogP contribution in [0.3, 0.4) is 0 Å². The predicted octanol–water partition coefficient (Wildman–Crippen LogP) is 3.41. The number of nitrogens with one attached hydrogen (secondary N) is 1. The summed E-state index contributed by atoms with van der Waals surface area (Å²) in [6.45, 7) is 7.90. The van der Waals surface area contributed by atoms with Crippen LogP contribution in [0.15, 0.2) is 43.1 Å². The Balaban J connectivity index is 1.62. The molecule has 0 saturated carbocycles. The van der Waals surface area contributed by atoms with Crippen LogP contribution in [0.2, 0.25) is 0 Å². The van der Waals surface area contributed by atoms with Gasteiger partial charge in [0, 0.05) is 48.3 Å². The molecule has 132 valence electrons. The number of amides is 2. The topological polar surface area (TPSA) is 54.3 Å². The molecule has 0 radical (unpaired) electrons. The van der Waals surface area contributed by atoms with Gasteiger partial charge >= 0.3 is 0 Å². The number of anilines is 1. The third kappa shape index (κ3) is 3.76. The fourth-order valence-corrected chi connectivity index (χ4v) is 3.45. The Kier molecular flexibility index (Phi) is 5.22. The van der Waals surface area contributed by atoms with E-state index in [1.54, 1.807) is 4.90 Å². The Morgan fingerprint density at radius 2 is 2.04 bits per heavy atom. The van der Waals surface area contributed by atoms with Crippen molar-refractivity contribution in [2.24, 2.45) is 5.92 Å². The molecule has 1 N–H and O–H groups in total. The quantitative estimate of drug-likeness (QED) is 0.849. The molecule has 2 amide bonds. The maximum Gasteiger partial charge on any atom is 0.245 e. The number of carbonyl (C=O) groups excluding carboxylic acids is 2. The van der Waals surface area contributed by atoms with Crippen molar-refractivity contribution < 1.29 is 9.59 Å². The van der Waals surface area contributed by atoms with E-state index in [-0.39, 0.29) is 17.7 Å². The minimum Gasteiger partial charge on any atom is -0.347 e. The highest BCUT2D eigenvalue weighted by Gasteiger charge is 2.26. The summed E-state index contributed by atoms with van der Waals surface area (Å²) < 4.78 is 2.23. The molecule has 2 aromatic rings. The second-order valence-electron chi connectivity index (χ2n) is 6.58. The highest BCUT2D eigenvalue weighted by molar-refractivity contribution is 5.95. The van der Waals surface area contributed by atoms with Crippen LogP contribution in [-0.2, 0) is 16.1 Å². The summed E-state index contributed by atoms with van der Waals surface area (Å²) in [5.41, 5.74) is 2.02. The zero-order valence-electron chi connectivity index (χ0n) is 14.7. The van der Waals surface area contributed by atoms with Crippen LogP contribution in [0.1, 0.15) is 26.2 Å². The first-order valence-corrected chi connectivity index (χ1v) is 8.93. The average Bonchev–Trinajstić information content (AvgIpc) is 3.03. The van der Waals surface area contributed by atoms with Crippen LogP contribution in [-0.4, -0.2) is 34.4 Å². The van der Waals surface area contributed by atoms with E-state index < -0.39 is 0 Å². The van der Waals surface area contributed by atoms with E-state index in [4.69, 9.17) is 0 Å². The molecule has 2 heterocycles. The van der Waals surface area contributed by atoms with E-state index in [0.717, 1.165) is 24.0 Å². The van der Waals surface area contributed by atoms with Crippen LogP contribution >= 0.6 is 0 Å². The molecule has 1 aromatic heterocycles. The van der Waals surface area contributed by atoms with Gasteiger partial charge in [-0.1, -0.05) is 13.5 Å². The van der Waals surface area contributed by atoms with Crippen molar-refractivity contribution in [3.05, 3.63) is 43.1 Å². The highest BCUT2D eigenvalue weighted by Crippen LogP contribution is 2.23. The van der Waals surface area contributed by atoms with Gasteiger partial charge in [0.2, 0.25) is 11.8 Å². The molecule has 0 bridgehead atoms. The second-order valence-corrected chi connectivity index (χ2v) is 6.58. The largest absolute Gasteiger partial charge is 0.347 e. The van der Waals surface area contributed by atoms with Gasteiger partial charge in [-0.2, -0.15) is 0 Å². The molecule has 1 fully saturated rings. The summed E-state index contributed by atoms with van der Waals surface area (Å²) in [6.07, 6.45) is 5.91. The number of likely N-dealkylation sites (tertiary alicyclic amines) is 1. The van der Waals surface area contributed by atoms with Gasteiger partial charge in [-0.15, -0.1) is 0 Å². The van der Waals surface area contributed by atoms with Crippen LogP contribution < -0.4 is 5.32 Å². The van der Waals surface area contributed by atoms with Gasteiger partial charge in [-0.3, -0.25) is 9.59 Å². The molecule has 1 saturated heterocycles. The van der Waals surface area contributed by atoms with Gasteiger partial charge < -0.3 is 14.8 Å². The van der Waals surface area contributed by atoms with E-state index in [9.17, 15) is 9.59 Å². The molecule has 0 spiro atoms. The minimum atomic E-state index is -0.0547. The third-order valence-electron chi connectivity index (χ3n) is 4.86. The summed E-state index contributed by atoms with van der Waals surface area (Å²) in [5.74, 6) is -0.0619. The molecular weight excluding hydrogens is 314 g/mol. The number of carbonyl (C=O) groups is 2. The van der Waals surface area contributed by atoms with Gasteiger partial charge in [-0.05, 0) is 49.6 Å². The Labute approximate surface area is 148 Å². The monoisotopic (exact) mass is 339 g/mol. The molecule has 0 atom stereocenters. The summed E-state index contributed by atoms with van der Waals surface area (Å²) in [6, 6.07) is 8.13. The van der Waals surface area contributed by atoms with E-state index in [1.807, 2.05) is 12.1 Å². The minimum absolute atomic E-state index is 0.0399. The SMILES string of the molecule is C=CC(=O)N1CCC(C(=O)Nc2ccc3c(ccn3CCC)c2)CC1. The van der Waals surface area contributed by atoms with E-state index in [1.165, 1.54) is 11.6 Å².